The molecule has 2 fully saturated rings. The first-order chi connectivity index (χ1) is 13.2. The van der Waals surface area contributed by atoms with E-state index in [9.17, 15) is 9.59 Å². The van der Waals surface area contributed by atoms with Crippen LogP contribution in [0.15, 0.2) is 18.2 Å². The van der Waals surface area contributed by atoms with E-state index in [1.165, 1.54) is 25.7 Å². The Morgan fingerprint density at radius 1 is 1.07 bits per heavy atom. The number of nitrogens with one attached hydrogen (secondary N) is 1. The summed E-state index contributed by atoms with van der Waals surface area (Å²) in [5.41, 5.74) is 0.986. The standard InChI is InChI=1S/C21H28N2O4/c24-20-10-8-16(13-23(20)17-5-3-1-2-4-6-17)21(25)22-12-15-7-9-18-19(11-15)27-14-26-18/h7,9,11,16-17H,1-6,8,10,12-14H2,(H,22,25)/t16-/m1/s1. The Kier molecular flexibility index (Phi) is 5.50. The van der Waals surface area contributed by atoms with Crippen LogP contribution < -0.4 is 14.8 Å². The minimum Gasteiger partial charge on any atom is -0.454 e. The molecule has 0 unspecified atom stereocenters. The molecule has 0 radical (unpaired) electrons. The Morgan fingerprint density at radius 3 is 2.67 bits per heavy atom. The largest absolute Gasteiger partial charge is 0.454 e. The van der Waals surface area contributed by atoms with Crippen LogP contribution in [0.5, 0.6) is 11.5 Å². The maximum absolute atomic E-state index is 12.7. The molecule has 27 heavy (non-hydrogen) atoms. The molecule has 1 aromatic rings. The van der Waals surface area contributed by atoms with Gasteiger partial charge in [0.25, 0.3) is 0 Å². The topological polar surface area (TPSA) is 67.9 Å². The highest BCUT2D eigenvalue weighted by Gasteiger charge is 2.34. The smallest absolute Gasteiger partial charge is 0.231 e. The third-order valence-electron chi connectivity index (χ3n) is 5.98. The van der Waals surface area contributed by atoms with Gasteiger partial charge in [0.1, 0.15) is 0 Å². The fraction of sp³-hybridized carbons (Fsp3) is 0.619. The number of carbonyl (C=O) groups excluding carboxylic acids is 2. The van der Waals surface area contributed by atoms with E-state index in [2.05, 4.69) is 5.32 Å². The molecule has 3 aliphatic rings. The minimum absolute atomic E-state index is 0.0405. The van der Waals surface area contributed by atoms with Crippen LogP contribution in [-0.4, -0.2) is 36.1 Å². The van der Waals surface area contributed by atoms with Gasteiger partial charge in [-0.15, -0.1) is 0 Å². The molecular weight excluding hydrogens is 344 g/mol. The average molecular weight is 372 g/mol. The van der Waals surface area contributed by atoms with Gasteiger partial charge >= 0.3 is 0 Å². The zero-order chi connectivity index (χ0) is 18.6. The van der Waals surface area contributed by atoms with Crippen molar-refractivity contribution in [3.8, 4) is 11.5 Å². The molecule has 4 rings (SSSR count). The maximum Gasteiger partial charge on any atom is 0.231 e. The van der Waals surface area contributed by atoms with Crippen LogP contribution in [0.1, 0.15) is 56.9 Å². The highest BCUT2D eigenvalue weighted by molar-refractivity contribution is 5.84. The minimum atomic E-state index is -0.111. The predicted molar refractivity (Wildman–Crippen MR) is 100 cm³/mol. The highest BCUT2D eigenvalue weighted by Crippen LogP contribution is 2.32. The van der Waals surface area contributed by atoms with Crippen molar-refractivity contribution in [1.82, 2.24) is 10.2 Å². The van der Waals surface area contributed by atoms with Crippen molar-refractivity contribution in [2.24, 2.45) is 5.92 Å². The van der Waals surface area contributed by atoms with Gasteiger partial charge in [0, 0.05) is 25.6 Å². The Balaban J connectivity index is 1.33. The highest BCUT2D eigenvalue weighted by atomic mass is 16.7. The van der Waals surface area contributed by atoms with Crippen LogP contribution in [0.3, 0.4) is 0 Å². The lowest BCUT2D eigenvalue weighted by molar-refractivity contribution is -0.141. The monoisotopic (exact) mass is 372 g/mol. The molecule has 2 amide bonds. The maximum atomic E-state index is 12.7. The molecule has 0 aromatic heterocycles. The second-order valence-electron chi connectivity index (χ2n) is 7.83. The molecule has 2 aliphatic heterocycles. The Hall–Kier alpha value is -2.24. The van der Waals surface area contributed by atoms with Crippen molar-refractivity contribution >= 4 is 11.8 Å². The molecule has 1 saturated heterocycles. The molecule has 146 valence electrons. The van der Waals surface area contributed by atoms with Gasteiger partial charge < -0.3 is 19.7 Å². The number of amides is 2. The van der Waals surface area contributed by atoms with Crippen molar-refractivity contribution in [2.45, 2.75) is 64.0 Å². The second-order valence-corrected chi connectivity index (χ2v) is 7.83. The number of hydrogen-bond donors (Lipinski definition) is 1. The fourth-order valence-electron chi connectivity index (χ4n) is 4.39. The summed E-state index contributed by atoms with van der Waals surface area (Å²) in [6, 6.07) is 6.04. The van der Waals surface area contributed by atoms with Gasteiger partial charge in [-0.25, -0.2) is 0 Å². The van der Waals surface area contributed by atoms with Crippen molar-refractivity contribution in [2.75, 3.05) is 13.3 Å². The zero-order valence-electron chi connectivity index (χ0n) is 15.7. The van der Waals surface area contributed by atoms with Gasteiger partial charge in [-0.2, -0.15) is 0 Å². The molecule has 0 spiro atoms. The summed E-state index contributed by atoms with van der Waals surface area (Å²) in [5, 5.41) is 3.04. The number of ether oxygens (including phenoxy) is 2. The predicted octanol–water partition coefficient (Wildman–Crippen LogP) is 2.99. The molecule has 0 bridgehead atoms. The zero-order valence-corrected chi connectivity index (χ0v) is 15.7. The first kappa shape index (κ1) is 18.1. The number of nitrogens with zero attached hydrogens (tertiary/aromatic N) is 1. The van der Waals surface area contributed by atoms with Crippen LogP contribution in [0.4, 0.5) is 0 Å². The van der Waals surface area contributed by atoms with Gasteiger partial charge in [0.2, 0.25) is 18.6 Å². The van der Waals surface area contributed by atoms with E-state index in [0.29, 0.717) is 32.0 Å². The van der Waals surface area contributed by atoms with Gasteiger partial charge in [0.05, 0.1) is 5.92 Å². The van der Waals surface area contributed by atoms with Crippen molar-refractivity contribution < 1.29 is 19.1 Å². The van der Waals surface area contributed by atoms with Crippen molar-refractivity contribution in [1.29, 1.82) is 0 Å². The normalized spacial score (nSPS) is 23.2. The van der Waals surface area contributed by atoms with E-state index in [4.69, 9.17) is 9.47 Å². The number of rotatable bonds is 4. The van der Waals surface area contributed by atoms with Crippen LogP contribution in [0.25, 0.3) is 0 Å². The van der Waals surface area contributed by atoms with E-state index in [1.54, 1.807) is 0 Å². The molecule has 1 aromatic carbocycles. The number of hydrogen-bond acceptors (Lipinski definition) is 4. The number of fused-ring (bicyclic) bond motifs is 1. The van der Waals surface area contributed by atoms with E-state index in [0.717, 1.165) is 29.9 Å². The summed E-state index contributed by atoms with van der Waals surface area (Å²) in [7, 11) is 0. The van der Waals surface area contributed by atoms with Gasteiger partial charge in [-0.3, -0.25) is 9.59 Å². The van der Waals surface area contributed by atoms with E-state index in [-0.39, 0.29) is 24.5 Å². The lowest BCUT2D eigenvalue weighted by Gasteiger charge is -2.37. The van der Waals surface area contributed by atoms with Crippen LogP contribution in [0, 0.1) is 5.92 Å². The van der Waals surface area contributed by atoms with E-state index >= 15 is 0 Å². The van der Waals surface area contributed by atoms with Crippen molar-refractivity contribution in [3.63, 3.8) is 0 Å². The van der Waals surface area contributed by atoms with Crippen LogP contribution >= 0.6 is 0 Å². The third-order valence-corrected chi connectivity index (χ3v) is 5.98. The number of carbonyl (C=O) groups is 2. The third kappa shape index (κ3) is 4.20. The van der Waals surface area contributed by atoms with Gasteiger partial charge in [-0.1, -0.05) is 31.7 Å². The number of piperidine rings is 1. The SMILES string of the molecule is O=C(NCc1ccc2c(c1)OCO2)[C@@H]1CCC(=O)N(C2CCCCCC2)C1. The molecule has 1 atom stereocenters. The van der Waals surface area contributed by atoms with Crippen molar-refractivity contribution in [3.05, 3.63) is 23.8 Å². The quantitative estimate of drug-likeness (QED) is 0.825. The van der Waals surface area contributed by atoms with E-state index < -0.39 is 0 Å². The molecule has 6 nitrogen and oxygen atoms in total. The summed E-state index contributed by atoms with van der Waals surface area (Å²) in [4.78, 5) is 27.1. The van der Waals surface area contributed by atoms with Crippen LogP contribution in [0.2, 0.25) is 0 Å². The Bertz CT molecular complexity index is 697. The first-order valence-electron chi connectivity index (χ1n) is 10.2. The number of likely N-dealkylation sites (tertiary alicyclic amines) is 1. The molecule has 6 heteroatoms. The summed E-state index contributed by atoms with van der Waals surface area (Å²) < 4.78 is 10.7. The molecule has 1 N–H and O–H groups in total. The van der Waals surface area contributed by atoms with Gasteiger partial charge in [0.15, 0.2) is 11.5 Å². The summed E-state index contributed by atoms with van der Waals surface area (Å²) in [6.45, 7) is 1.28. The lowest BCUT2D eigenvalue weighted by atomic mass is 9.93. The first-order valence-corrected chi connectivity index (χ1v) is 10.2. The summed E-state index contributed by atoms with van der Waals surface area (Å²) in [6.07, 6.45) is 8.20. The second kappa shape index (κ2) is 8.19. The average Bonchev–Trinajstić information content (AvgIpc) is 2.99. The van der Waals surface area contributed by atoms with Crippen LogP contribution in [-0.2, 0) is 16.1 Å². The fourth-order valence-corrected chi connectivity index (χ4v) is 4.39. The Morgan fingerprint density at radius 2 is 1.85 bits per heavy atom. The Labute approximate surface area is 160 Å². The molecule has 2 heterocycles. The molecular formula is C21H28N2O4. The van der Waals surface area contributed by atoms with E-state index in [1.807, 2.05) is 23.1 Å². The number of benzene rings is 1. The van der Waals surface area contributed by atoms with Gasteiger partial charge in [-0.05, 0) is 37.0 Å². The molecule has 1 saturated carbocycles. The summed E-state index contributed by atoms with van der Waals surface area (Å²) >= 11 is 0. The summed E-state index contributed by atoms with van der Waals surface area (Å²) in [5.74, 6) is 1.62. The lowest BCUT2D eigenvalue weighted by Crippen LogP contribution is -2.49. The molecule has 1 aliphatic carbocycles.